The van der Waals surface area contributed by atoms with Crippen LogP contribution in [0.25, 0.3) is 0 Å². The first kappa shape index (κ1) is 24.6. The van der Waals surface area contributed by atoms with Crippen molar-refractivity contribution in [1.82, 2.24) is 0 Å². The Labute approximate surface area is 192 Å². The van der Waals surface area contributed by atoms with Crippen LogP contribution in [0.3, 0.4) is 0 Å². The first-order chi connectivity index (χ1) is 15.6. The average molecular weight is 460 g/mol. The summed E-state index contributed by atoms with van der Waals surface area (Å²) < 4.78 is 50.7. The number of carbonyl (C=O) groups excluding carboxylic acids is 1. The number of esters is 1. The van der Waals surface area contributed by atoms with E-state index in [2.05, 4.69) is 4.99 Å². The highest BCUT2D eigenvalue weighted by Crippen LogP contribution is 2.40. The molecule has 0 saturated heterocycles. The highest BCUT2D eigenvalue weighted by molar-refractivity contribution is 5.96. The minimum Gasteiger partial charge on any atom is -0.489 e. The van der Waals surface area contributed by atoms with Gasteiger partial charge in [-0.05, 0) is 57.4 Å². The van der Waals surface area contributed by atoms with Crippen molar-refractivity contribution in [3.05, 3.63) is 76.5 Å². The van der Waals surface area contributed by atoms with Crippen LogP contribution in [0.15, 0.2) is 64.8 Å². The number of hydrogen-bond acceptors (Lipinski definition) is 4. The maximum Gasteiger partial charge on any atom is 0.416 e. The second-order valence-electron chi connectivity index (χ2n) is 8.25. The molecule has 0 aliphatic carbocycles. The Morgan fingerprint density at radius 2 is 1.88 bits per heavy atom. The van der Waals surface area contributed by atoms with Crippen LogP contribution < -0.4 is 4.74 Å². The fraction of sp³-hybridized carbons (Fsp3) is 0.385. The number of allylic oxidation sites excluding steroid dienone is 1. The number of para-hydroxylation sites is 1. The molecular weight excluding hydrogens is 431 g/mol. The van der Waals surface area contributed by atoms with Gasteiger partial charge in [0.2, 0.25) is 0 Å². The van der Waals surface area contributed by atoms with Gasteiger partial charge in [-0.25, -0.2) is 4.79 Å². The largest absolute Gasteiger partial charge is 0.489 e. The summed E-state index contributed by atoms with van der Waals surface area (Å²) >= 11 is 0. The van der Waals surface area contributed by atoms with Crippen molar-refractivity contribution in [3.63, 3.8) is 0 Å². The lowest BCUT2D eigenvalue weighted by Gasteiger charge is -2.27. The predicted octanol–water partition coefficient (Wildman–Crippen LogP) is 6.85. The maximum absolute atomic E-state index is 13.0. The molecule has 0 saturated carbocycles. The Morgan fingerprint density at radius 1 is 1.15 bits per heavy atom. The van der Waals surface area contributed by atoms with E-state index >= 15 is 0 Å². The molecule has 2 unspecified atom stereocenters. The van der Waals surface area contributed by atoms with E-state index in [1.807, 2.05) is 32.9 Å². The molecule has 2 aromatic carbocycles. The van der Waals surface area contributed by atoms with Gasteiger partial charge in [-0.1, -0.05) is 37.3 Å². The van der Waals surface area contributed by atoms with E-state index in [4.69, 9.17) is 9.47 Å². The summed E-state index contributed by atoms with van der Waals surface area (Å²) in [6.07, 6.45) is -3.42. The fourth-order valence-electron chi connectivity index (χ4n) is 3.83. The molecular formula is C26H28F3NO3. The molecule has 0 fully saturated rings. The number of carbonyl (C=O) groups is 1. The molecule has 176 valence electrons. The van der Waals surface area contributed by atoms with Gasteiger partial charge in [0.25, 0.3) is 0 Å². The SMILES string of the molecule is CCC(C)OC(=O)C1=C(C)N=C(C)CC1c1ccccc1OCc1cccc(C(F)(F)F)c1. The molecule has 33 heavy (non-hydrogen) atoms. The van der Waals surface area contributed by atoms with Gasteiger partial charge in [0.05, 0.1) is 17.2 Å². The van der Waals surface area contributed by atoms with Crippen LogP contribution in [-0.4, -0.2) is 17.8 Å². The van der Waals surface area contributed by atoms with Gasteiger partial charge in [0.1, 0.15) is 12.4 Å². The van der Waals surface area contributed by atoms with Crippen molar-refractivity contribution < 1.29 is 27.4 Å². The minimum atomic E-state index is -4.42. The first-order valence-corrected chi connectivity index (χ1v) is 10.9. The number of alkyl halides is 3. The van der Waals surface area contributed by atoms with Crippen LogP contribution in [0.2, 0.25) is 0 Å². The summed E-state index contributed by atoms with van der Waals surface area (Å²) in [4.78, 5) is 17.5. The highest BCUT2D eigenvalue weighted by atomic mass is 19.4. The standard InChI is InChI=1S/C26H28F3NO3/c1-5-17(3)33-25(31)24-18(4)30-16(2)13-22(24)21-11-6-7-12-23(21)32-15-19-9-8-10-20(14-19)26(27,28)29/h6-12,14,17,22H,5,13,15H2,1-4H3. The van der Waals surface area contributed by atoms with Crippen molar-refractivity contribution in [2.45, 2.75) is 65.3 Å². The molecule has 1 aliphatic heterocycles. The molecule has 1 heterocycles. The molecule has 0 spiro atoms. The van der Waals surface area contributed by atoms with Crippen molar-refractivity contribution >= 4 is 11.7 Å². The second-order valence-corrected chi connectivity index (χ2v) is 8.25. The van der Waals surface area contributed by atoms with Crippen LogP contribution in [0.5, 0.6) is 5.75 Å². The Bertz CT molecular complexity index is 1070. The number of benzene rings is 2. The molecule has 4 nitrogen and oxygen atoms in total. The topological polar surface area (TPSA) is 47.9 Å². The van der Waals surface area contributed by atoms with Crippen molar-refractivity contribution in [1.29, 1.82) is 0 Å². The second kappa shape index (κ2) is 10.2. The van der Waals surface area contributed by atoms with Crippen molar-refractivity contribution in [2.75, 3.05) is 0 Å². The highest BCUT2D eigenvalue weighted by Gasteiger charge is 2.33. The Hall–Kier alpha value is -3.09. The summed E-state index contributed by atoms with van der Waals surface area (Å²) in [5.41, 5.74) is 2.42. The third-order valence-electron chi connectivity index (χ3n) is 5.64. The van der Waals surface area contributed by atoms with Gasteiger partial charge in [0.15, 0.2) is 0 Å². The van der Waals surface area contributed by atoms with Crippen molar-refractivity contribution in [2.24, 2.45) is 4.99 Å². The van der Waals surface area contributed by atoms with Gasteiger partial charge in [0, 0.05) is 22.9 Å². The summed E-state index contributed by atoms with van der Waals surface area (Å²) in [6.45, 7) is 7.44. The third-order valence-corrected chi connectivity index (χ3v) is 5.64. The number of aliphatic imine (C=N–C) groups is 1. The average Bonchev–Trinajstić information content (AvgIpc) is 2.76. The molecule has 2 atom stereocenters. The number of ether oxygens (including phenoxy) is 2. The Morgan fingerprint density at radius 3 is 2.58 bits per heavy atom. The lowest BCUT2D eigenvalue weighted by atomic mass is 9.83. The zero-order valence-corrected chi connectivity index (χ0v) is 19.2. The van der Waals surface area contributed by atoms with Crippen LogP contribution >= 0.6 is 0 Å². The summed E-state index contributed by atoms with van der Waals surface area (Å²) in [7, 11) is 0. The first-order valence-electron chi connectivity index (χ1n) is 10.9. The lowest BCUT2D eigenvalue weighted by molar-refractivity contribution is -0.144. The van der Waals surface area contributed by atoms with Gasteiger partial charge in [-0.15, -0.1) is 0 Å². The van der Waals surface area contributed by atoms with Crippen LogP contribution in [0, 0.1) is 0 Å². The summed E-state index contributed by atoms with van der Waals surface area (Å²) in [5.74, 6) is -0.219. The van der Waals surface area contributed by atoms with Crippen LogP contribution in [0.4, 0.5) is 13.2 Å². The van der Waals surface area contributed by atoms with Crippen LogP contribution in [-0.2, 0) is 22.3 Å². The summed E-state index contributed by atoms with van der Waals surface area (Å²) in [5, 5.41) is 0. The van der Waals surface area contributed by atoms with E-state index < -0.39 is 17.7 Å². The Balaban J connectivity index is 1.90. The molecule has 0 radical (unpaired) electrons. The third kappa shape index (κ3) is 6.03. The molecule has 1 aliphatic rings. The molecule has 0 amide bonds. The van der Waals surface area contributed by atoms with Gasteiger partial charge < -0.3 is 9.47 Å². The van der Waals surface area contributed by atoms with Crippen molar-refractivity contribution in [3.8, 4) is 5.75 Å². The van der Waals surface area contributed by atoms with Gasteiger partial charge in [-0.3, -0.25) is 4.99 Å². The van der Waals surface area contributed by atoms with Gasteiger partial charge >= 0.3 is 12.1 Å². The van der Waals surface area contributed by atoms with E-state index in [1.165, 1.54) is 6.07 Å². The number of halogens is 3. The number of hydrogen-bond donors (Lipinski definition) is 0. The smallest absolute Gasteiger partial charge is 0.416 e. The Kier molecular flexibility index (Phi) is 7.61. The van der Waals surface area contributed by atoms with E-state index in [0.29, 0.717) is 35.4 Å². The minimum absolute atomic E-state index is 0.0317. The normalized spacial score (nSPS) is 17.4. The van der Waals surface area contributed by atoms with E-state index in [1.54, 1.807) is 25.1 Å². The van der Waals surface area contributed by atoms with Crippen LogP contribution in [0.1, 0.15) is 63.1 Å². The zero-order chi connectivity index (χ0) is 24.2. The van der Waals surface area contributed by atoms with E-state index in [0.717, 1.165) is 23.4 Å². The molecule has 3 rings (SSSR count). The molecule has 7 heteroatoms. The zero-order valence-electron chi connectivity index (χ0n) is 19.2. The van der Waals surface area contributed by atoms with E-state index in [9.17, 15) is 18.0 Å². The monoisotopic (exact) mass is 459 g/mol. The predicted molar refractivity (Wildman–Crippen MR) is 121 cm³/mol. The van der Waals surface area contributed by atoms with Gasteiger partial charge in [-0.2, -0.15) is 13.2 Å². The fourth-order valence-corrected chi connectivity index (χ4v) is 3.83. The number of rotatable bonds is 7. The molecule has 0 bridgehead atoms. The number of nitrogens with zero attached hydrogens (tertiary/aromatic N) is 1. The quantitative estimate of drug-likeness (QED) is 0.426. The lowest BCUT2D eigenvalue weighted by Crippen LogP contribution is -2.24. The molecule has 0 N–H and O–H groups in total. The maximum atomic E-state index is 13.0. The molecule has 2 aromatic rings. The molecule has 0 aromatic heterocycles. The van der Waals surface area contributed by atoms with E-state index in [-0.39, 0.29) is 18.6 Å². The summed E-state index contributed by atoms with van der Waals surface area (Å²) in [6, 6.07) is 12.3.